The lowest BCUT2D eigenvalue weighted by atomic mass is 9.33. The highest BCUT2D eigenvalue weighted by Crippen LogP contribution is 2.53. The number of aromatic nitrogens is 7. The van der Waals surface area contributed by atoms with E-state index < -0.39 is 92.1 Å². The van der Waals surface area contributed by atoms with Crippen LogP contribution in [0.4, 0.5) is 34.1 Å². The van der Waals surface area contributed by atoms with E-state index in [1.807, 2.05) is 193 Å². The highest BCUT2D eigenvalue weighted by molar-refractivity contribution is 7.00. The van der Waals surface area contributed by atoms with Crippen LogP contribution in [0, 0.1) is 6.85 Å². The quantitative estimate of drug-likeness (QED) is 0.112. The van der Waals surface area contributed by atoms with Crippen LogP contribution in [-0.2, 0) is 5.41 Å². The van der Waals surface area contributed by atoms with E-state index in [9.17, 15) is 13.7 Å². The third-order valence-corrected chi connectivity index (χ3v) is 19.7. The largest absolute Gasteiger partial charge is 0.311 e. The predicted molar refractivity (Wildman–Crippen MR) is 434 cm³/mol. The Morgan fingerprint density at radius 1 is 0.324 bits per heavy atom. The van der Waals surface area contributed by atoms with Crippen molar-refractivity contribution in [3.63, 3.8) is 0 Å². The Morgan fingerprint density at radius 2 is 0.771 bits per heavy atom. The van der Waals surface area contributed by atoms with Crippen LogP contribution in [0.5, 0.6) is 0 Å². The van der Waals surface area contributed by atoms with Crippen molar-refractivity contribution in [1.29, 1.82) is 0 Å². The second-order valence-electron chi connectivity index (χ2n) is 27.0. The molecule has 0 saturated heterocycles. The lowest BCUT2D eigenvalue weighted by molar-refractivity contribution is 0.590. The summed E-state index contributed by atoms with van der Waals surface area (Å²) in [5, 5.41) is -0.311. The van der Waals surface area contributed by atoms with Crippen LogP contribution < -0.4 is 26.2 Å². The van der Waals surface area contributed by atoms with Gasteiger partial charge in [-0.1, -0.05) is 299 Å². The second kappa shape index (κ2) is 25.6. The molecule has 9 nitrogen and oxygen atoms in total. The summed E-state index contributed by atoms with van der Waals surface area (Å²) in [6, 6.07) is 74.0. The highest BCUT2D eigenvalue weighted by atomic mass is 15.2. The Bertz CT molecular complexity index is 6790. The molecule has 496 valence electrons. The molecule has 0 amide bonds. The smallest absolute Gasteiger partial charge is 0.252 e. The van der Waals surface area contributed by atoms with Gasteiger partial charge in [0.25, 0.3) is 6.71 Å². The monoisotopic (exact) mass is 1360 g/mol. The van der Waals surface area contributed by atoms with Gasteiger partial charge in [0.2, 0.25) is 0 Å². The average molecular weight is 1360 g/mol. The third kappa shape index (κ3) is 11.0. The lowest BCUT2D eigenvalue weighted by Crippen LogP contribution is -2.61. The van der Waals surface area contributed by atoms with Gasteiger partial charge in [-0.25, -0.2) is 29.9 Å². The van der Waals surface area contributed by atoms with E-state index in [2.05, 4.69) is 68.1 Å². The van der Waals surface area contributed by atoms with Crippen molar-refractivity contribution < 1.29 is 21.9 Å². The van der Waals surface area contributed by atoms with E-state index in [1.54, 1.807) is 30.3 Å². The van der Waals surface area contributed by atoms with Crippen LogP contribution in [-0.4, -0.2) is 41.2 Å². The van der Waals surface area contributed by atoms with Crippen LogP contribution in [0.25, 0.3) is 129 Å². The minimum Gasteiger partial charge on any atom is -0.311 e. The zero-order valence-electron chi connectivity index (χ0n) is 72.9. The Kier molecular flexibility index (Phi) is 11.6. The summed E-state index contributed by atoms with van der Waals surface area (Å²) >= 11 is 0. The van der Waals surface area contributed by atoms with Crippen molar-refractivity contribution in [3.8, 4) is 107 Å². The Labute approximate surface area is 633 Å². The van der Waals surface area contributed by atoms with E-state index in [-0.39, 0.29) is 90.2 Å². The standard InChI is InChI=1S/C95H68BN9/c1-61-46-55-82(77(56-61)64-30-13-6-14-31-64)104-83-57-69(63-47-50-71(51-48-63)95(2,3)4)49-53-78(83)96-79-54-52-72(103-80-44-25-23-40-73(80)74-41-24-26-45-81(74)103)60-84(79)105(86-59-70(58-85(104)87(86)96)62-28-11-5-12-29-62)88-75(93-99-89(65-32-15-7-16-33-65)97-90(100-93)66-34-17-8-18-35-66)42-27-43-76(88)94-101-91(67-36-19-9-20-37-67)98-92(102-94)68-38-21-10-22-39-68/h5-60H,1-4H3/i1D3,5D,11D,12D,23D,24D,25D,26D,28D,29D,40D,41D,44D,45D. The average Bonchev–Trinajstić information content (AvgIpc) is 1.39. The molecule has 2 aliphatic rings. The van der Waals surface area contributed by atoms with Crippen LogP contribution in [0.15, 0.2) is 339 Å². The topological polar surface area (TPSA) is 88.7 Å². The molecule has 0 unspecified atom stereocenters. The number of nitrogens with zero attached hydrogens (tertiary/aromatic N) is 9. The maximum Gasteiger partial charge on any atom is 0.252 e. The second-order valence-corrected chi connectivity index (χ2v) is 27.0. The summed E-state index contributed by atoms with van der Waals surface area (Å²) in [7, 11) is 0. The molecule has 3 aromatic heterocycles. The number of hydrogen-bond acceptors (Lipinski definition) is 8. The predicted octanol–water partition coefficient (Wildman–Crippen LogP) is 21.8. The van der Waals surface area contributed by atoms with Crippen molar-refractivity contribution in [1.82, 2.24) is 34.5 Å². The maximum atomic E-state index is 10.1. The van der Waals surface area contributed by atoms with Gasteiger partial charge in [-0.2, -0.15) is 0 Å². The van der Waals surface area contributed by atoms with E-state index in [1.165, 1.54) is 4.57 Å². The zero-order chi connectivity index (χ0) is 84.1. The van der Waals surface area contributed by atoms with E-state index in [4.69, 9.17) is 38.1 Å². The van der Waals surface area contributed by atoms with Gasteiger partial charge in [0.15, 0.2) is 34.9 Å². The molecule has 0 N–H and O–H groups in total. The summed E-state index contributed by atoms with van der Waals surface area (Å²) in [6.45, 7) is 2.95. The number of fused-ring (bicyclic) bond motifs is 7. The van der Waals surface area contributed by atoms with Gasteiger partial charge >= 0.3 is 0 Å². The summed E-state index contributed by atoms with van der Waals surface area (Å²) in [4.78, 5) is 36.4. The molecule has 0 fully saturated rings. The van der Waals surface area contributed by atoms with Gasteiger partial charge in [-0.05, 0) is 129 Å². The summed E-state index contributed by atoms with van der Waals surface area (Å²) in [6.07, 6.45) is 0. The molecule has 10 heteroatoms. The Hall–Kier alpha value is -13.4. The summed E-state index contributed by atoms with van der Waals surface area (Å²) in [5.41, 5.74) is 11.0. The van der Waals surface area contributed by atoms with Crippen LogP contribution >= 0.6 is 0 Å². The van der Waals surface area contributed by atoms with E-state index in [0.29, 0.717) is 89.3 Å². The summed E-state index contributed by atoms with van der Waals surface area (Å²) < 4.78 is 153. The number of aryl methyl sites for hydroxylation is 1. The molecule has 105 heavy (non-hydrogen) atoms. The molecule has 19 rings (SSSR count). The molecule has 2 aliphatic heterocycles. The highest BCUT2D eigenvalue weighted by Gasteiger charge is 2.46. The number of benzene rings is 14. The van der Waals surface area contributed by atoms with Crippen molar-refractivity contribution >= 4 is 79.0 Å². The molecule has 0 aliphatic carbocycles. The first-order valence-electron chi connectivity index (χ1n) is 42.5. The molecule has 14 aromatic carbocycles. The van der Waals surface area contributed by atoms with Crippen molar-refractivity contribution in [3.05, 3.63) is 351 Å². The van der Waals surface area contributed by atoms with Gasteiger partial charge in [0, 0.05) is 82.3 Å². The molecular weight excluding hydrogens is 1280 g/mol. The fourth-order valence-electron chi connectivity index (χ4n) is 14.8. The molecule has 0 radical (unpaired) electrons. The number of anilines is 6. The van der Waals surface area contributed by atoms with Gasteiger partial charge in [0.1, 0.15) is 0 Å². The Balaban J connectivity index is 1.04. The van der Waals surface area contributed by atoms with Crippen LogP contribution in [0.3, 0.4) is 0 Å². The van der Waals surface area contributed by atoms with Gasteiger partial charge in [-0.15, -0.1) is 0 Å². The number of para-hydroxylation sites is 3. The maximum absolute atomic E-state index is 10.1. The van der Waals surface area contributed by atoms with Gasteiger partial charge in [0.05, 0.1) is 40.2 Å². The van der Waals surface area contributed by atoms with Crippen LogP contribution in [0.1, 0.15) is 53.8 Å². The number of hydrogen-bond donors (Lipinski definition) is 0. The van der Waals surface area contributed by atoms with Crippen LogP contribution in [0.2, 0.25) is 0 Å². The minimum absolute atomic E-state index is 0.0515. The molecule has 0 atom stereocenters. The SMILES string of the molecule is [2H]c1c([2H])c([2H])c(-c2cc3c4c(c2)N(c2c(-c5nc(-c6ccccc6)nc(-c6ccccc6)n5)cccc2-c2nc(-c5ccccc5)nc(-c5ccccc5)n2)c2cc(-n5c6c([2H])c([2H])c([2H])c([2H])c6c6c([2H])c([2H])c([2H])c([2H])c65)ccc2B4c2ccc(-c4ccc(C(C)(C)C)cc4)cc2N3c2ccc(C([2H])([2H])[2H])cc2-c2ccccc2)c([2H])c1[2H]. The fourth-order valence-corrected chi connectivity index (χ4v) is 14.8. The lowest BCUT2D eigenvalue weighted by Gasteiger charge is -2.45. The van der Waals surface area contributed by atoms with Gasteiger partial charge in [-0.3, -0.25) is 0 Å². The molecular formula is C95H68BN9. The fraction of sp³-hybridized carbons (Fsp3) is 0.0526. The minimum atomic E-state index is -2.60. The number of rotatable bonds is 12. The first kappa shape index (κ1) is 47.6. The van der Waals surface area contributed by atoms with E-state index >= 15 is 0 Å². The van der Waals surface area contributed by atoms with Gasteiger partial charge < -0.3 is 14.4 Å². The molecule has 0 bridgehead atoms. The molecule has 5 heterocycles. The Morgan fingerprint density at radius 3 is 1.29 bits per heavy atom. The normalized spacial score (nSPS) is 14.6. The van der Waals surface area contributed by atoms with E-state index in [0.717, 1.165) is 16.7 Å². The molecule has 0 saturated carbocycles. The third-order valence-electron chi connectivity index (χ3n) is 19.7. The molecule has 17 aromatic rings. The van der Waals surface area contributed by atoms with Crippen molar-refractivity contribution in [2.45, 2.75) is 33.0 Å². The first-order chi connectivity index (χ1) is 58.2. The summed E-state index contributed by atoms with van der Waals surface area (Å²) in [5.74, 6) is 1.42. The molecule has 0 spiro atoms. The van der Waals surface area contributed by atoms with Crippen molar-refractivity contribution in [2.75, 3.05) is 9.80 Å². The first-order valence-corrected chi connectivity index (χ1v) is 34.5. The van der Waals surface area contributed by atoms with Crippen molar-refractivity contribution in [2.24, 2.45) is 0 Å². The zero-order valence-corrected chi connectivity index (χ0v) is 56.9.